The Morgan fingerprint density at radius 2 is 2.56 bits per heavy atom. The molecular formula is C10H12N2O5S. The van der Waals surface area contributed by atoms with E-state index in [1.807, 2.05) is 0 Å². The highest BCUT2D eigenvalue weighted by Crippen LogP contribution is 2.47. The number of aliphatic hydroxyl groups is 1. The van der Waals surface area contributed by atoms with Crippen molar-refractivity contribution in [3.05, 3.63) is 33.1 Å². The second kappa shape index (κ2) is 3.70. The van der Waals surface area contributed by atoms with Gasteiger partial charge < -0.3 is 14.4 Å². The quantitative estimate of drug-likeness (QED) is 0.594. The van der Waals surface area contributed by atoms with Crippen molar-refractivity contribution in [2.45, 2.75) is 30.1 Å². The molecule has 0 aliphatic carbocycles. The Kier molecular flexibility index (Phi) is 2.22. The minimum absolute atomic E-state index is 0.0942. The van der Waals surface area contributed by atoms with E-state index in [-0.39, 0.29) is 12.7 Å². The molecule has 2 bridgehead atoms. The zero-order valence-electron chi connectivity index (χ0n) is 10.2. The van der Waals surface area contributed by atoms with E-state index < -0.39 is 45.6 Å². The van der Waals surface area contributed by atoms with Crippen molar-refractivity contribution < 1.29 is 15.8 Å². The SMILES string of the molecule is [2H]C[C@@]12C[S+]([O-])[C@@H]([C@H](n3ccc(=O)[nH]c3=O)O1)[C@@H]2O. The molecule has 2 N–H and O–H groups in total. The normalized spacial score (nSPS) is 43.1. The zero-order valence-corrected chi connectivity index (χ0v) is 10.1. The van der Waals surface area contributed by atoms with Crippen LogP contribution in [-0.2, 0) is 15.9 Å². The summed E-state index contributed by atoms with van der Waals surface area (Å²) in [5, 5.41) is 9.35. The molecule has 5 atom stereocenters. The fraction of sp³-hybridized carbons (Fsp3) is 0.600. The van der Waals surface area contributed by atoms with Crippen LogP contribution in [0.2, 0.25) is 0 Å². The molecule has 18 heavy (non-hydrogen) atoms. The molecule has 0 aromatic carbocycles. The van der Waals surface area contributed by atoms with Crippen LogP contribution in [0.25, 0.3) is 0 Å². The van der Waals surface area contributed by atoms with Crippen molar-refractivity contribution in [3.63, 3.8) is 0 Å². The van der Waals surface area contributed by atoms with E-state index in [0.717, 1.165) is 10.6 Å². The van der Waals surface area contributed by atoms with Gasteiger partial charge in [0.2, 0.25) is 0 Å². The van der Waals surface area contributed by atoms with E-state index in [9.17, 15) is 19.2 Å². The number of hydrogen-bond acceptors (Lipinski definition) is 5. The molecular weight excluding hydrogens is 260 g/mol. The summed E-state index contributed by atoms with van der Waals surface area (Å²) in [6, 6.07) is 1.15. The Morgan fingerprint density at radius 1 is 1.78 bits per heavy atom. The smallest absolute Gasteiger partial charge is 0.330 e. The number of aliphatic hydroxyl groups excluding tert-OH is 1. The maximum atomic E-state index is 12.0. The van der Waals surface area contributed by atoms with Crippen LogP contribution < -0.4 is 11.2 Å². The van der Waals surface area contributed by atoms with Crippen molar-refractivity contribution in [2.24, 2.45) is 0 Å². The van der Waals surface area contributed by atoms with E-state index >= 15 is 0 Å². The number of rotatable bonds is 1. The monoisotopic (exact) mass is 273 g/mol. The molecule has 0 spiro atoms. The fourth-order valence-corrected chi connectivity index (χ4v) is 4.30. The Balaban J connectivity index is 2.04. The molecule has 1 aromatic rings. The van der Waals surface area contributed by atoms with Gasteiger partial charge in [-0.25, -0.2) is 4.79 Å². The van der Waals surface area contributed by atoms with Crippen molar-refractivity contribution >= 4 is 11.2 Å². The lowest BCUT2D eigenvalue weighted by atomic mass is 10.0. The molecule has 3 rings (SSSR count). The van der Waals surface area contributed by atoms with E-state index in [1.165, 1.54) is 6.20 Å². The summed E-state index contributed by atoms with van der Waals surface area (Å²) in [5.41, 5.74) is -2.41. The van der Waals surface area contributed by atoms with Gasteiger partial charge in [-0.1, -0.05) is 0 Å². The van der Waals surface area contributed by atoms with Crippen molar-refractivity contribution in [3.8, 4) is 0 Å². The molecule has 0 amide bonds. The van der Waals surface area contributed by atoms with Gasteiger partial charge in [0.1, 0.15) is 17.5 Å². The Labute approximate surface area is 106 Å². The lowest BCUT2D eigenvalue weighted by Gasteiger charge is -2.28. The van der Waals surface area contributed by atoms with E-state index in [4.69, 9.17) is 6.11 Å². The molecule has 2 aliphatic heterocycles. The number of aromatic nitrogens is 2. The van der Waals surface area contributed by atoms with Crippen LogP contribution in [0.15, 0.2) is 21.9 Å². The Bertz CT molecular complexity index is 618. The predicted molar refractivity (Wildman–Crippen MR) is 62.7 cm³/mol. The lowest BCUT2D eigenvalue weighted by Crippen LogP contribution is -2.42. The van der Waals surface area contributed by atoms with E-state index in [0.29, 0.717) is 0 Å². The minimum Gasteiger partial charge on any atom is -0.616 e. The summed E-state index contributed by atoms with van der Waals surface area (Å²) in [4.78, 5) is 24.8. The van der Waals surface area contributed by atoms with Crippen LogP contribution in [0.5, 0.6) is 0 Å². The highest BCUT2D eigenvalue weighted by atomic mass is 32.2. The van der Waals surface area contributed by atoms with Crippen molar-refractivity contribution in [2.75, 3.05) is 5.75 Å². The molecule has 3 heterocycles. The number of ether oxygens (including phenoxy) is 1. The minimum atomic E-state index is -1.37. The number of fused-ring (bicyclic) bond motifs is 2. The summed E-state index contributed by atoms with van der Waals surface area (Å²) in [6.07, 6.45) is -0.720. The maximum Gasteiger partial charge on any atom is 0.330 e. The average Bonchev–Trinajstić information content (AvgIpc) is 2.76. The average molecular weight is 273 g/mol. The first-order valence-electron chi connectivity index (χ1n) is 6.03. The van der Waals surface area contributed by atoms with E-state index in [1.54, 1.807) is 0 Å². The van der Waals surface area contributed by atoms with Crippen LogP contribution in [0.3, 0.4) is 0 Å². The molecule has 2 saturated heterocycles. The number of hydrogen-bond donors (Lipinski definition) is 2. The van der Waals surface area contributed by atoms with Crippen molar-refractivity contribution in [1.82, 2.24) is 9.55 Å². The highest BCUT2D eigenvalue weighted by molar-refractivity contribution is 7.92. The zero-order chi connectivity index (χ0) is 13.8. The van der Waals surface area contributed by atoms with Crippen LogP contribution in [0.4, 0.5) is 0 Å². The van der Waals surface area contributed by atoms with Gasteiger partial charge in [0.05, 0.1) is 0 Å². The van der Waals surface area contributed by atoms with Crippen LogP contribution in [0.1, 0.15) is 14.5 Å². The molecule has 7 nitrogen and oxygen atoms in total. The van der Waals surface area contributed by atoms with Gasteiger partial charge in [0.25, 0.3) is 5.56 Å². The van der Waals surface area contributed by atoms with Gasteiger partial charge in [-0.15, -0.1) is 0 Å². The molecule has 1 unspecified atom stereocenters. The summed E-state index contributed by atoms with van der Waals surface area (Å²) in [7, 11) is 0. The summed E-state index contributed by atoms with van der Waals surface area (Å²) in [6.45, 7) is -0.231. The fourth-order valence-electron chi connectivity index (χ4n) is 2.41. The Hall–Kier alpha value is -1.09. The summed E-state index contributed by atoms with van der Waals surface area (Å²) in [5.74, 6) is 0.0942. The maximum absolute atomic E-state index is 12.0. The first kappa shape index (κ1) is 10.8. The molecule has 2 fully saturated rings. The summed E-state index contributed by atoms with van der Waals surface area (Å²) < 4.78 is 26.1. The number of nitrogens with zero attached hydrogens (tertiary/aromatic N) is 1. The summed E-state index contributed by atoms with van der Waals surface area (Å²) >= 11 is -1.37. The highest BCUT2D eigenvalue weighted by Gasteiger charge is 2.66. The van der Waals surface area contributed by atoms with Crippen LogP contribution in [-0.4, -0.2) is 41.9 Å². The van der Waals surface area contributed by atoms with Gasteiger partial charge in [-0.05, 0) is 18.1 Å². The third-order valence-electron chi connectivity index (χ3n) is 3.30. The van der Waals surface area contributed by atoms with Gasteiger partial charge in [0.15, 0.2) is 11.5 Å². The van der Waals surface area contributed by atoms with Gasteiger partial charge in [-0.3, -0.25) is 14.3 Å². The number of nitrogens with one attached hydrogen (secondary N) is 1. The first-order valence-corrected chi connectivity index (χ1v) is 6.70. The number of H-pyrrole nitrogens is 1. The van der Waals surface area contributed by atoms with Gasteiger partial charge >= 0.3 is 5.69 Å². The molecule has 0 radical (unpaired) electrons. The predicted octanol–water partition coefficient (Wildman–Crippen LogP) is -1.68. The molecule has 8 heteroatoms. The molecule has 98 valence electrons. The molecule has 1 aromatic heterocycles. The van der Waals surface area contributed by atoms with Gasteiger partial charge in [-0.2, -0.15) is 0 Å². The molecule has 2 aliphatic rings. The lowest BCUT2D eigenvalue weighted by molar-refractivity contribution is -0.0791. The largest absolute Gasteiger partial charge is 0.616 e. The van der Waals surface area contributed by atoms with Crippen molar-refractivity contribution in [1.29, 1.82) is 0 Å². The van der Waals surface area contributed by atoms with Crippen LogP contribution >= 0.6 is 0 Å². The molecule has 0 saturated carbocycles. The third-order valence-corrected chi connectivity index (χ3v) is 5.17. The topological polar surface area (TPSA) is 107 Å². The second-order valence-electron chi connectivity index (χ2n) is 4.53. The third kappa shape index (κ3) is 1.50. The second-order valence-corrected chi connectivity index (χ2v) is 6.12. The van der Waals surface area contributed by atoms with E-state index in [2.05, 4.69) is 4.98 Å². The van der Waals surface area contributed by atoms with Crippen LogP contribution in [0, 0.1) is 0 Å². The first-order chi connectivity index (χ1) is 8.98. The van der Waals surface area contributed by atoms with Gasteiger partial charge in [0, 0.05) is 13.6 Å². The number of aromatic amines is 1. The Morgan fingerprint density at radius 3 is 3.17 bits per heavy atom. The standard InChI is InChI=1S/C10H12N2O5S/c1-10-4-18(16)6(7(10)14)8(17-10)12-3-2-5(13)11-9(12)15/h2-3,6-8,14H,4H2,1H3,(H,11,13,15)/t6-,7+,8-,10+,18?/m1/s1/i1D.